The zero-order valence-electron chi connectivity index (χ0n) is 17.7. The summed E-state index contributed by atoms with van der Waals surface area (Å²) in [5.41, 5.74) is 7.47. The van der Waals surface area contributed by atoms with E-state index in [9.17, 15) is 0 Å². The van der Waals surface area contributed by atoms with Crippen molar-refractivity contribution in [3.05, 3.63) is 137 Å². The highest BCUT2D eigenvalue weighted by Crippen LogP contribution is 2.34. The molecule has 1 atom stereocenters. The molecular weight excluding hydrogens is 501 g/mol. The molecule has 0 fully saturated rings. The molecule has 0 spiro atoms. The van der Waals surface area contributed by atoms with Gasteiger partial charge in [0.05, 0.1) is 6.04 Å². The first-order valence-corrected chi connectivity index (χ1v) is 12.0. The molecule has 4 aromatic carbocycles. The number of hydrogen-bond donors (Lipinski definition) is 0. The largest absolute Gasteiger partial charge is 0.334 e. The Kier molecular flexibility index (Phi) is 6.22. The van der Waals surface area contributed by atoms with Gasteiger partial charge in [0.25, 0.3) is 0 Å². The van der Waals surface area contributed by atoms with E-state index in [0.717, 1.165) is 6.42 Å². The van der Waals surface area contributed by atoms with E-state index in [1.54, 1.807) is 0 Å². The van der Waals surface area contributed by atoms with Crippen LogP contribution in [0.3, 0.4) is 0 Å². The molecule has 1 nitrogen and oxygen atoms in total. The van der Waals surface area contributed by atoms with Gasteiger partial charge in [-0.2, -0.15) is 0 Å². The maximum atomic E-state index is 2.44. The molecule has 0 bridgehead atoms. The lowest BCUT2D eigenvalue weighted by atomic mass is 9.95. The lowest BCUT2D eigenvalue weighted by molar-refractivity contribution is 0.787. The molecule has 5 rings (SSSR count). The van der Waals surface area contributed by atoms with Crippen molar-refractivity contribution in [3.8, 4) is 11.1 Å². The van der Waals surface area contributed by atoms with Gasteiger partial charge in [0.2, 0.25) is 0 Å². The van der Waals surface area contributed by atoms with Crippen LogP contribution >= 0.6 is 22.6 Å². The van der Waals surface area contributed by atoms with Crippen molar-refractivity contribution in [3.63, 3.8) is 0 Å². The van der Waals surface area contributed by atoms with Crippen LogP contribution in [0.15, 0.2) is 127 Å². The Morgan fingerprint density at radius 2 is 1.12 bits per heavy atom. The van der Waals surface area contributed by atoms with Crippen LogP contribution in [0.5, 0.6) is 0 Å². The summed E-state index contributed by atoms with van der Waals surface area (Å²) in [6, 6.07) is 39.2. The predicted molar refractivity (Wildman–Crippen MR) is 145 cm³/mol. The highest BCUT2D eigenvalue weighted by molar-refractivity contribution is 14.1. The predicted octanol–water partition coefficient (Wildman–Crippen LogP) is 8.51. The molecule has 0 aliphatic heterocycles. The van der Waals surface area contributed by atoms with Crippen molar-refractivity contribution in [2.24, 2.45) is 0 Å². The standard InChI is InChI=1S/C30H24IN/c31-27-15-21-30(22-16-27)32(28-17-11-25(12-18-28)23-7-3-1-4-8-23)29-19-13-26(14-20-29)24-9-5-2-6-10-24/h1-19,21-22,29H,20H2. The molecule has 0 saturated carbocycles. The van der Waals surface area contributed by atoms with Gasteiger partial charge >= 0.3 is 0 Å². The van der Waals surface area contributed by atoms with Crippen LogP contribution in [0, 0.1) is 3.57 Å². The normalized spacial score (nSPS) is 15.3. The van der Waals surface area contributed by atoms with Gasteiger partial charge in [-0.25, -0.2) is 0 Å². The van der Waals surface area contributed by atoms with Crippen LogP contribution in [-0.2, 0) is 0 Å². The van der Waals surface area contributed by atoms with Crippen molar-refractivity contribution in [2.75, 3.05) is 4.90 Å². The second-order valence-electron chi connectivity index (χ2n) is 7.95. The van der Waals surface area contributed by atoms with E-state index < -0.39 is 0 Å². The van der Waals surface area contributed by atoms with Crippen LogP contribution < -0.4 is 4.90 Å². The average molecular weight is 525 g/mol. The minimum Gasteiger partial charge on any atom is -0.334 e. The molecule has 0 aromatic heterocycles. The molecule has 4 aromatic rings. The highest BCUT2D eigenvalue weighted by atomic mass is 127. The van der Waals surface area contributed by atoms with E-state index in [1.807, 2.05) is 0 Å². The maximum absolute atomic E-state index is 2.44. The van der Waals surface area contributed by atoms with Gasteiger partial charge in [0, 0.05) is 14.9 Å². The van der Waals surface area contributed by atoms with Gasteiger partial charge < -0.3 is 4.90 Å². The smallest absolute Gasteiger partial charge is 0.0560 e. The quantitative estimate of drug-likeness (QED) is 0.236. The second kappa shape index (κ2) is 9.58. The van der Waals surface area contributed by atoms with E-state index in [2.05, 4.69) is 155 Å². The number of halogens is 1. The minimum absolute atomic E-state index is 0.269. The summed E-state index contributed by atoms with van der Waals surface area (Å²) in [5, 5.41) is 0. The fraction of sp³-hybridized carbons (Fsp3) is 0.0667. The zero-order valence-corrected chi connectivity index (χ0v) is 19.9. The zero-order chi connectivity index (χ0) is 21.8. The van der Waals surface area contributed by atoms with Gasteiger partial charge in [-0.05, 0) is 87.7 Å². The van der Waals surface area contributed by atoms with Crippen molar-refractivity contribution < 1.29 is 0 Å². The fourth-order valence-electron chi connectivity index (χ4n) is 4.22. The molecule has 1 unspecified atom stereocenters. The number of benzene rings is 4. The van der Waals surface area contributed by atoms with E-state index in [-0.39, 0.29) is 6.04 Å². The molecule has 0 heterocycles. The maximum Gasteiger partial charge on any atom is 0.0560 e. The Hall–Kier alpha value is -3.11. The molecule has 0 N–H and O–H groups in total. The van der Waals surface area contributed by atoms with Crippen molar-refractivity contribution in [1.82, 2.24) is 0 Å². The first-order chi connectivity index (χ1) is 15.8. The molecule has 1 aliphatic rings. The Morgan fingerprint density at radius 1 is 0.594 bits per heavy atom. The molecule has 0 saturated heterocycles. The van der Waals surface area contributed by atoms with Crippen LogP contribution in [0.1, 0.15) is 12.0 Å². The summed E-state index contributed by atoms with van der Waals surface area (Å²) >= 11 is 2.37. The Labute approximate surface area is 203 Å². The average Bonchev–Trinajstić information content (AvgIpc) is 2.87. The van der Waals surface area contributed by atoms with Gasteiger partial charge in [0.15, 0.2) is 0 Å². The van der Waals surface area contributed by atoms with Crippen LogP contribution in [0.4, 0.5) is 11.4 Å². The van der Waals surface area contributed by atoms with Crippen molar-refractivity contribution in [2.45, 2.75) is 12.5 Å². The molecule has 156 valence electrons. The lowest BCUT2D eigenvalue weighted by Gasteiger charge is -2.33. The summed E-state index contributed by atoms with van der Waals surface area (Å²) < 4.78 is 1.25. The first-order valence-electron chi connectivity index (χ1n) is 10.9. The number of anilines is 2. The topological polar surface area (TPSA) is 3.24 Å². The van der Waals surface area contributed by atoms with Gasteiger partial charge in [0.1, 0.15) is 0 Å². The van der Waals surface area contributed by atoms with Crippen molar-refractivity contribution in [1.29, 1.82) is 0 Å². The molecule has 0 radical (unpaired) electrons. The summed E-state index contributed by atoms with van der Waals surface area (Å²) in [5.74, 6) is 0. The van der Waals surface area contributed by atoms with E-state index in [0.29, 0.717) is 0 Å². The van der Waals surface area contributed by atoms with E-state index >= 15 is 0 Å². The van der Waals surface area contributed by atoms with Crippen LogP contribution in [0.25, 0.3) is 16.7 Å². The lowest BCUT2D eigenvalue weighted by Crippen LogP contribution is -2.30. The minimum atomic E-state index is 0.269. The molecular formula is C30H24IN. The molecule has 2 heteroatoms. The summed E-state index contributed by atoms with van der Waals surface area (Å²) in [6.45, 7) is 0. The van der Waals surface area contributed by atoms with Crippen LogP contribution in [-0.4, -0.2) is 6.04 Å². The van der Waals surface area contributed by atoms with Crippen molar-refractivity contribution >= 4 is 39.5 Å². The molecule has 32 heavy (non-hydrogen) atoms. The molecule has 1 aliphatic carbocycles. The van der Waals surface area contributed by atoms with E-state index in [4.69, 9.17) is 0 Å². The number of allylic oxidation sites excluding steroid dienone is 2. The molecule has 0 amide bonds. The second-order valence-corrected chi connectivity index (χ2v) is 9.19. The third-order valence-corrected chi connectivity index (χ3v) is 6.59. The Balaban J connectivity index is 1.46. The highest BCUT2D eigenvalue weighted by Gasteiger charge is 2.20. The van der Waals surface area contributed by atoms with Crippen LogP contribution in [0.2, 0.25) is 0 Å². The third kappa shape index (κ3) is 4.56. The fourth-order valence-corrected chi connectivity index (χ4v) is 4.58. The summed E-state index contributed by atoms with van der Waals surface area (Å²) in [7, 11) is 0. The summed E-state index contributed by atoms with van der Waals surface area (Å²) in [4.78, 5) is 2.44. The monoisotopic (exact) mass is 525 g/mol. The summed E-state index contributed by atoms with van der Waals surface area (Å²) in [6.07, 6.45) is 7.93. The Morgan fingerprint density at radius 3 is 1.69 bits per heavy atom. The van der Waals surface area contributed by atoms with E-state index in [1.165, 1.54) is 37.2 Å². The Bertz CT molecular complexity index is 1220. The number of nitrogens with zero attached hydrogens (tertiary/aromatic N) is 1. The van der Waals surface area contributed by atoms with Gasteiger partial charge in [-0.3, -0.25) is 0 Å². The van der Waals surface area contributed by atoms with Gasteiger partial charge in [-0.15, -0.1) is 0 Å². The number of hydrogen-bond acceptors (Lipinski definition) is 1. The first kappa shape index (κ1) is 20.8. The number of rotatable bonds is 5. The SMILES string of the molecule is Ic1ccc(N(c2ccc(-c3ccccc3)cc2)C2C=CC(c3ccccc3)=CC2)cc1. The van der Waals surface area contributed by atoms with Gasteiger partial charge in [-0.1, -0.05) is 91.0 Å². The third-order valence-electron chi connectivity index (χ3n) is 5.87.